The van der Waals surface area contributed by atoms with Gasteiger partial charge < -0.3 is 5.73 Å². The number of nitrogens with two attached hydrogens (primary N) is 1. The van der Waals surface area contributed by atoms with Gasteiger partial charge in [0.05, 0.1) is 9.87 Å². The first-order chi connectivity index (χ1) is 6.09. The minimum absolute atomic E-state index is 0.102. The summed E-state index contributed by atoms with van der Waals surface area (Å²) in [6.07, 6.45) is 0.585. The molecule has 0 radical (unpaired) electrons. The molecule has 0 aliphatic rings. The topological polar surface area (TPSA) is 69.2 Å². The maximum Gasteiger partial charge on any atom is 0.269 e. The predicted molar refractivity (Wildman–Crippen MR) is 53.7 cm³/mol. The fraction of sp³-hybridized carbons (Fsp3) is 0.250. The SMILES string of the molecule is NC(Br)Cc1cccc([N+](=O)[O-])c1. The Morgan fingerprint density at radius 3 is 2.85 bits per heavy atom. The van der Waals surface area contributed by atoms with Crippen LogP contribution in [0.5, 0.6) is 0 Å². The highest BCUT2D eigenvalue weighted by Gasteiger charge is 2.06. The van der Waals surface area contributed by atoms with Crippen LogP contribution in [-0.4, -0.2) is 9.87 Å². The Morgan fingerprint density at radius 2 is 2.31 bits per heavy atom. The van der Waals surface area contributed by atoms with Crippen LogP contribution >= 0.6 is 15.9 Å². The highest BCUT2D eigenvalue weighted by molar-refractivity contribution is 9.09. The van der Waals surface area contributed by atoms with E-state index < -0.39 is 4.92 Å². The molecule has 1 aromatic carbocycles. The van der Waals surface area contributed by atoms with E-state index in [9.17, 15) is 10.1 Å². The maximum absolute atomic E-state index is 10.4. The van der Waals surface area contributed by atoms with Gasteiger partial charge in [0.1, 0.15) is 0 Å². The standard InChI is InChI=1S/C8H9BrN2O2/c9-8(10)5-6-2-1-3-7(4-6)11(12)13/h1-4,8H,5,10H2. The third kappa shape index (κ3) is 3.12. The summed E-state index contributed by atoms with van der Waals surface area (Å²) >= 11 is 3.18. The van der Waals surface area contributed by atoms with Crippen LogP contribution < -0.4 is 5.73 Å². The molecule has 2 N–H and O–H groups in total. The summed E-state index contributed by atoms with van der Waals surface area (Å²) in [5.74, 6) is 0. The number of alkyl halides is 1. The van der Waals surface area contributed by atoms with Gasteiger partial charge in [0.2, 0.25) is 0 Å². The summed E-state index contributed by atoms with van der Waals surface area (Å²) < 4.78 is 0. The Hall–Kier alpha value is -0.940. The third-order valence-electron chi connectivity index (χ3n) is 1.55. The lowest BCUT2D eigenvalue weighted by Gasteiger charge is -2.02. The average Bonchev–Trinajstić information content (AvgIpc) is 2.03. The van der Waals surface area contributed by atoms with Crippen molar-refractivity contribution in [1.82, 2.24) is 0 Å². The van der Waals surface area contributed by atoms with E-state index in [4.69, 9.17) is 5.73 Å². The molecule has 1 aromatic rings. The molecule has 0 amide bonds. The molecule has 0 heterocycles. The number of benzene rings is 1. The van der Waals surface area contributed by atoms with Crippen molar-refractivity contribution in [3.05, 3.63) is 39.9 Å². The zero-order valence-corrected chi connectivity index (χ0v) is 8.40. The molecule has 5 heteroatoms. The van der Waals surface area contributed by atoms with Crippen molar-refractivity contribution in [3.8, 4) is 0 Å². The van der Waals surface area contributed by atoms with Crippen LogP contribution in [0.15, 0.2) is 24.3 Å². The number of non-ortho nitro benzene ring substituents is 1. The van der Waals surface area contributed by atoms with E-state index in [0.717, 1.165) is 5.56 Å². The molecule has 13 heavy (non-hydrogen) atoms. The molecule has 0 aliphatic carbocycles. The summed E-state index contributed by atoms with van der Waals surface area (Å²) in [5.41, 5.74) is 6.46. The van der Waals surface area contributed by atoms with Gasteiger partial charge >= 0.3 is 0 Å². The van der Waals surface area contributed by atoms with Crippen LogP contribution in [0.4, 0.5) is 5.69 Å². The highest BCUT2D eigenvalue weighted by Crippen LogP contribution is 2.14. The molecule has 0 bridgehead atoms. The van der Waals surface area contributed by atoms with Crippen LogP contribution in [0.1, 0.15) is 5.56 Å². The Morgan fingerprint density at radius 1 is 1.62 bits per heavy atom. The van der Waals surface area contributed by atoms with Crippen molar-refractivity contribution in [1.29, 1.82) is 0 Å². The first kappa shape index (κ1) is 10.1. The number of hydrogen-bond donors (Lipinski definition) is 1. The van der Waals surface area contributed by atoms with Gasteiger partial charge in [-0.2, -0.15) is 0 Å². The molecule has 0 spiro atoms. The van der Waals surface area contributed by atoms with E-state index in [1.54, 1.807) is 6.07 Å². The third-order valence-corrected chi connectivity index (χ3v) is 1.88. The maximum atomic E-state index is 10.4. The van der Waals surface area contributed by atoms with Gasteiger partial charge in [0.15, 0.2) is 0 Å². The number of nitro groups is 1. The Balaban J connectivity index is 2.85. The van der Waals surface area contributed by atoms with Gasteiger partial charge in [0, 0.05) is 12.1 Å². The second-order valence-electron chi connectivity index (χ2n) is 2.65. The zero-order valence-electron chi connectivity index (χ0n) is 6.81. The fourth-order valence-electron chi connectivity index (χ4n) is 1.02. The second-order valence-corrected chi connectivity index (χ2v) is 3.82. The van der Waals surface area contributed by atoms with Gasteiger partial charge in [-0.3, -0.25) is 10.1 Å². The van der Waals surface area contributed by atoms with Crippen molar-refractivity contribution in [3.63, 3.8) is 0 Å². The Labute approximate surface area is 84.0 Å². The molecule has 0 aromatic heterocycles. The van der Waals surface area contributed by atoms with Crippen LogP contribution in [0, 0.1) is 10.1 Å². The smallest absolute Gasteiger partial charge is 0.269 e. The number of nitro benzene ring substituents is 1. The lowest BCUT2D eigenvalue weighted by molar-refractivity contribution is -0.384. The van der Waals surface area contributed by atoms with E-state index in [2.05, 4.69) is 15.9 Å². The first-order valence-corrected chi connectivity index (χ1v) is 4.64. The van der Waals surface area contributed by atoms with Gasteiger partial charge in [-0.25, -0.2) is 0 Å². The lowest BCUT2D eigenvalue weighted by atomic mass is 10.1. The molecule has 70 valence electrons. The summed E-state index contributed by atoms with van der Waals surface area (Å²) in [4.78, 5) is 9.83. The molecule has 4 nitrogen and oxygen atoms in total. The van der Waals surface area contributed by atoms with E-state index in [-0.39, 0.29) is 10.6 Å². The molecular formula is C8H9BrN2O2. The highest BCUT2D eigenvalue weighted by atomic mass is 79.9. The molecule has 0 saturated carbocycles. The van der Waals surface area contributed by atoms with Gasteiger partial charge in [0.25, 0.3) is 5.69 Å². The van der Waals surface area contributed by atoms with Crippen LogP contribution in [0.25, 0.3) is 0 Å². The lowest BCUT2D eigenvalue weighted by Crippen LogP contribution is -2.13. The summed E-state index contributed by atoms with van der Waals surface area (Å²) in [5, 5.41) is 10.4. The minimum atomic E-state index is -0.413. The summed E-state index contributed by atoms with van der Waals surface area (Å²) in [6, 6.07) is 6.46. The minimum Gasteiger partial charge on any atom is -0.319 e. The monoisotopic (exact) mass is 244 g/mol. The molecule has 1 atom stereocenters. The van der Waals surface area contributed by atoms with Crippen molar-refractivity contribution in [2.24, 2.45) is 5.73 Å². The van der Waals surface area contributed by atoms with Crippen LogP contribution in [0.2, 0.25) is 0 Å². The van der Waals surface area contributed by atoms with Crippen LogP contribution in [0.3, 0.4) is 0 Å². The van der Waals surface area contributed by atoms with Gasteiger partial charge in [-0.1, -0.05) is 28.1 Å². The van der Waals surface area contributed by atoms with Gasteiger partial charge in [-0.05, 0) is 12.0 Å². The second kappa shape index (κ2) is 4.34. The van der Waals surface area contributed by atoms with E-state index in [1.165, 1.54) is 12.1 Å². The summed E-state index contributed by atoms with van der Waals surface area (Å²) in [6.45, 7) is 0. The normalized spacial score (nSPS) is 12.5. The molecule has 0 fully saturated rings. The van der Waals surface area contributed by atoms with Crippen molar-refractivity contribution in [2.45, 2.75) is 11.4 Å². The van der Waals surface area contributed by atoms with Crippen LogP contribution in [-0.2, 0) is 6.42 Å². The Kier molecular flexibility index (Phi) is 3.39. The van der Waals surface area contributed by atoms with Gasteiger partial charge in [-0.15, -0.1) is 0 Å². The zero-order chi connectivity index (χ0) is 9.84. The van der Waals surface area contributed by atoms with Crippen molar-refractivity contribution in [2.75, 3.05) is 0 Å². The molecular weight excluding hydrogens is 236 g/mol. The number of nitrogens with zero attached hydrogens (tertiary/aromatic N) is 1. The van der Waals surface area contributed by atoms with Crippen molar-refractivity contribution < 1.29 is 4.92 Å². The van der Waals surface area contributed by atoms with E-state index in [0.29, 0.717) is 6.42 Å². The fourth-order valence-corrected chi connectivity index (χ4v) is 1.40. The Bertz CT molecular complexity index is 315. The van der Waals surface area contributed by atoms with E-state index >= 15 is 0 Å². The number of halogens is 1. The number of rotatable bonds is 3. The molecule has 0 saturated heterocycles. The largest absolute Gasteiger partial charge is 0.319 e. The molecule has 1 rings (SSSR count). The summed E-state index contributed by atoms with van der Waals surface area (Å²) in [7, 11) is 0. The van der Waals surface area contributed by atoms with Crippen molar-refractivity contribution >= 4 is 21.6 Å². The predicted octanol–water partition coefficient (Wildman–Crippen LogP) is 1.82. The quantitative estimate of drug-likeness (QED) is 0.382. The number of hydrogen-bond acceptors (Lipinski definition) is 3. The van der Waals surface area contributed by atoms with E-state index in [1.807, 2.05) is 6.07 Å². The molecule has 0 aliphatic heterocycles. The first-order valence-electron chi connectivity index (χ1n) is 3.72. The molecule has 1 unspecified atom stereocenters. The average molecular weight is 245 g/mol.